The van der Waals surface area contributed by atoms with Gasteiger partial charge in [-0.3, -0.25) is 4.79 Å². The number of piperidine rings is 1. The number of aryl methyl sites for hydroxylation is 1. The molecular formula is C27H36N2O4. The van der Waals surface area contributed by atoms with E-state index in [1.165, 1.54) is 70.1 Å². The number of benzene rings is 1. The van der Waals surface area contributed by atoms with Crippen LogP contribution in [-0.4, -0.2) is 42.3 Å². The lowest BCUT2D eigenvalue weighted by Gasteiger charge is -2.34. The number of hydrogen-bond acceptors (Lipinski definition) is 6. The SMILES string of the molecule is Cc1cc(CC(=O)CC2CCC(CCN3CCC(c4cccc5c4OCO5)CC3)CC2)on1. The summed E-state index contributed by atoms with van der Waals surface area (Å²) in [6.07, 6.45) is 9.68. The number of fused-ring (bicyclic) bond motifs is 1. The summed E-state index contributed by atoms with van der Waals surface area (Å²) in [5, 5.41) is 3.88. The van der Waals surface area contributed by atoms with E-state index in [9.17, 15) is 4.79 Å². The lowest BCUT2D eigenvalue weighted by atomic mass is 9.78. The highest BCUT2D eigenvalue weighted by molar-refractivity contribution is 5.80. The topological polar surface area (TPSA) is 64.8 Å². The summed E-state index contributed by atoms with van der Waals surface area (Å²) in [5.74, 6) is 4.81. The number of hydrogen-bond donors (Lipinski definition) is 0. The summed E-state index contributed by atoms with van der Waals surface area (Å²) in [7, 11) is 0. The van der Waals surface area contributed by atoms with Gasteiger partial charge in [0.2, 0.25) is 6.79 Å². The van der Waals surface area contributed by atoms with Gasteiger partial charge in [-0.05, 0) is 82.5 Å². The summed E-state index contributed by atoms with van der Waals surface area (Å²) < 4.78 is 16.5. The first-order valence-corrected chi connectivity index (χ1v) is 12.7. The average molecular weight is 453 g/mol. The maximum absolute atomic E-state index is 12.4. The van der Waals surface area contributed by atoms with Crippen LogP contribution in [0.5, 0.6) is 11.5 Å². The first-order valence-electron chi connectivity index (χ1n) is 12.7. The first kappa shape index (κ1) is 22.5. The predicted octanol–water partition coefficient (Wildman–Crippen LogP) is 5.29. The van der Waals surface area contributed by atoms with Gasteiger partial charge < -0.3 is 18.9 Å². The van der Waals surface area contributed by atoms with E-state index in [1.54, 1.807) is 0 Å². The Labute approximate surface area is 196 Å². The molecule has 3 aliphatic rings. The highest BCUT2D eigenvalue weighted by Crippen LogP contribution is 2.42. The lowest BCUT2D eigenvalue weighted by molar-refractivity contribution is -0.119. The van der Waals surface area contributed by atoms with Crippen molar-refractivity contribution in [3.8, 4) is 11.5 Å². The standard InChI is InChI=1S/C27H36N2O4/c1-19-15-24(33-28-19)17-23(30)16-21-7-5-20(6-8-21)9-12-29-13-10-22(11-14-29)25-3-2-4-26-27(25)32-18-31-26/h2-4,15,20-22H,5-14,16-18H2,1H3. The van der Waals surface area contributed by atoms with E-state index >= 15 is 0 Å². The molecule has 33 heavy (non-hydrogen) atoms. The van der Waals surface area contributed by atoms with E-state index < -0.39 is 0 Å². The van der Waals surface area contributed by atoms with Gasteiger partial charge in [-0.1, -0.05) is 30.1 Å². The number of nitrogens with zero attached hydrogens (tertiary/aromatic N) is 2. The molecule has 0 atom stereocenters. The van der Waals surface area contributed by atoms with Crippen molar-refractivity contribution in [1.29, 1.82) is 0 Å². The molecular weight excluding hydrogens is 416 g/mol. The van der Waals surface area contributed by atoms with Crippen molar-refractivity contribution >= 4 is 5.78 Å². The Morgan fingerprint density at radius 2 is 1.85 bits per heavy atom. The summed E-state index contributed by atoms with van der Waals surface area (Å²) in [6, 6.07) is 8.17. The van der Waals surface area contributed by atoms with E-state index in [-0.39, 0.29) is 0 Å². The highest BCUT2D eigenvalue weighted by Gasteiger charge is 2.28. The van der Waals surface area contributed by atoms with Crippen LogP contribution in [-0.2, 0) is 11.2 Å². The maximum Gasteiger partial charge on any atom is 0.231 e. The van der Waals surface area contributed by atoms with Crippen LogP contribution in [0.3, 0.4) is 0 Å². The van der Waals surface area contributed by atoms with Gasteiger partial charge in [-0.25, -0.2) is 0 Å². The second-order valence-electron chi connectivity index (χ2n) is 10.2. The molecule has 0 unspecified atom stereocenters. The number of ether oxygens (including phenoxy) is 2. The molecule has 3 heterocycles. The molecule has 6 heteroatoms. The molecule has 1 saturated heterocycles. The third-order valence-electron chi connectivity index (χ3n) is 7.84. The molecule has 5 rings (SSSR count). The number of para-hydroxylation sites is 1. The van der Waals surface area contributed by atoms with E-state index in [4.69, 9.17) is 14.0 Å². The van der Waals surface area contributed by atoms with Crippen LogP contribution in [0.25, 0.3) is 0 Å². The molecule has 178 valence electrons. The van der Waals surface area contributed by atoms with Crippen molar-refractivity contribution in [1.82, 2.24) is 10.1 Å². The average Bonchev–Trinajstić information content (AvgIpc) is 3.47. The highest BCUT2D eigenvalue weighted by atomic mass is 16.7. The van der Waals surface area contributed by atoms with E-state index in [0.717, 1.165) is 23.1 Å². The van der Waals surface area contributed by atoms with E-state index in [0.29, 0.717) is 43.0 Å². The van der Waals surface area contributed by atoms with Gasteiger partial charge in [0.1, 0.15) is 11.5 Å². The fourth-order valence-corrected chi connectivity index (χ4v) is 5.92. The van der Waals surface area contributed by atoms with Gasteiger partial charge in [-0.15, -0.1) is 0 Å². The van der Waals surface area contributed by atoms with Crippen LogP contribution < -0.4 is 9.47 Å². The summed E-state index contributed by atoms with van der Waals surface area (Å²) in [5.41, 5.74) is 2.17. The molecule has 0 N–H and O–H groups in total. The number of ketones is 1. The van der Waals surface area contributed by atoms with Crippen LogP contribution in [0.15, 0.2) is 28.8 Å². The monoisotopic (exact) mass is 452 g/mol. The molecule has 0 amide bonds. The van der Waals surface area contributed by atoms with E-state index in [2.05, 4.69) is 22.2 Å². The van der Waals surface area contributed by atoms with Crippen LogP contribution >= 0.6 is 0 Å². The third kappa shape index (κ3) is 5.60. The number of carbonyl (C=O) groups is 1. The summed E-state index contributed by atoms with van der Waals surface area (Å²) in [6.45, 7) is 5.78. The molecule has 2 aromatic rings. The Bertz CT molecular complexity index is 939. The largest absolute Gasteiger partial charge is 0.454 e. The second-order valence-corrected chi connectivity index (χ2v) is 10.2. The zero-order valence-electron chi connectivity index (χ0n) is 19.8. The van der Waals surface area contributed by atoms with E-state index in [1.807, 2.05) is 19.1 Å². The predicted molar refractivity (Wildman–Crippen MR) is 126 cm³/mol. The summed E-state index contributed by atoms with van der Waals surface area (Å²) in [4.78, 5) is 15.0. The Balaban J connectivity index is 0.997. The van der Waals surface area contributed by atoms with Crippen LogP contribution in [0.2, 0.25) is 0 Å². The number of aromatic nitrogens is 1. The van der Waals surface area contributed by atoms with Gasteiger partial charge >= 0.3 is 0 Å². The second kappa shape index (κ2) is 10.3. The van der Waals surface area contributed by atoms with Crippen molar-refractivity contribution in [2.24, 2.45) is 11.8 Å². The molecule has 1 aromatic heterocycles. The molecule has 6 nitrogen and oxygen atoms in total. The maximum atomic E-state index is 12.4. The lowest BCUT2D eigenvalue weighted by Crippen LogP contribution is -2.34. The molecule has 0 spiro atoms. The molecule has 1 aromatic carbocycles. The van der Waals surface area contributed by atoms with Crippen molar-refractivity contribution in [3.05, 3.63) is 41.3 Å². The Morgan fingerprint density at radius 3 is 2.61 bits per heavy atom. The molecule has 0 bridgehead atoms. The third-order valence-corrected chi connectivity index (χ3v) is 7.84. The molecule has 1 aliphatic carbocycles. The minimum Gasteiger partial charge on any atom is -0.454 e. The number of Topliss-reactive ketones (excluding diaryl/α,β-unsaturated/α-hetero) is 1. The van der Waals surface area contributed by atoms with Gasteiger partial charge in [-0.2, -0.15) is 0 Å². The zero-order valence-corrected chi connectivity index (χ0v) is 19.8. The Kier molecular flexibility index (Phi) is 7.00. The first-order chi connectivity index (χ1) is 16.1. The quantitative estimate of drug-likeness (QED) is 0.542. The normalized spacial score (nSPS) is 23.7. The fraction of sp³-hybridized carbons (Fsp3) is 0.630. The van der Waals surface area contributed by atoms with Crippen LogP contribution in [0, 0.1) is 18.8 Å². The zero-order chi connectivity index (χ0) is 22.6. The Hall–Kier alpha value is -2.34. The molecule has 2 fully saturated rings. The van der Waals surface area contributed by atoms with Gasteiger partial charge in [0.25, 0.3) is 0 Å². The fourth-order valence-electron chi connectivity index (χ4n) is 5.92. The number of rotatable bonds is 8. The van der Waals surface area contributed by atoms with Gasteiger partial charge in [0, 0.05) is 18.1 Å². The molecule has 2 aliphatic heterocycles. The number of likely N-dealkylation sites (tertiary alicyclic amines) is 1. The molecule has 1 saturated carbocycles. The van der Waals surface area contributed by atoms with Crippen molar-refractivity contribution in [2.45, 2.75) is 70.6 Å². The minimum atomic E-state index is 0.290. The molecule has 0 radical (unpaired) electrons. The minimum absolute atomic E-state index is 0.290. The van der Waals surface area contributed by atoms with Crippen molar-refractivity contribution in [3.63, 3.8) is 0 Å². The Morgan fingerprint density at radius 1 is 1.06 bits per heavy atom. The van der Waals surface area contributed by atoms with Gasteiger partial charge in [0.15, 0.2) is 11.5 Å². The van der Waals surface area contributed by atoms with Gasteiger partial charge in [0.05, 0.1) is 12.1 Å². The summed E-state index contributed by atoms with van der Waals surface area (Å²) >= 11 is 0. The van der Waals surface area contributed by atoms with Crippen LogP contribution in [0.1, 0.15) is 74.3 Å². The van der Waals surface area contributed by atoms with Crippen molar-refractivity contribution < 1.29 is 18.8 Å². The smallest absolute Gasteiger partial charge is 0.231 e. The number of carbonyl (C=O) groups excluding carboxylic acids is 1. The van der Waals surface area contributed by atoms with Crippen LogP contribution in [0.4, 0.5) is 0 Å². The van der Waals surface area contributed by atoms with Crippen molar-refractivity contribution in [2.75, 3.05) is 26.4 Å².